The van der Waals surface area contributed by atoms with Gasteiger partial charge in [0, 0.05) is 23.0 Å². The SMILES string of the molecule is CC(C)NCC1(c2ccc(Cl)cc2)CC1. The van der Waals surface area contributed by atoms with Gasteiger partial charge in [0.15, 0.2) is 0 Å². The molecule has 0 heterocycles. The highest BCUT2D eigenvalue weighted by Gasteiger charge is 2.43. The Morgan fingerprint density at radius 3 is 2.33 bits per heavy atom. The Morgan fingerprint density at radius 2 is 1.87 bits per heavy atom. The summed E-state index contributed by atoms with van der Waals surface area (Å²) in [7, 11) is 0. The van der Waals surface area contributed by atoms with Gasteiger partial charge in [0.05, 0.1) is 0 Å². The number of hydrogen-bond acceptors (Lipinski definition) is 1. The number of benzene rings is 1. The van der Waals surface area contributed by atoms with Gasteiger partial charge in [-0.15, -0.1) is 0 Å². The molecule has 2 heteroatoms. The predicted octanol–water partition coefficient (Wildman–Crippen LogP) is 3.37. The molecule has 0 atom stereocenters. The molecule has 1 fully saturated rings. The average Bonchev–Trinajstić information content (AvgIpc) is 2.97. The zero-order chi connectivity index (χ0) is 10.9. The highest BCUT2D eigenvalue weighted by molar-refractivity contribution is 6.30. The van der Waals surface area contributed by atoms with Crippen molar-refractivity contribution in [3.63, 3.8) is 0 Å². The van der Waals surface area contributed by atoms with Gasteiger partial charge >= 0.3 is 0 Å². The van der Waals surface area contributed by atoms with E-state index in [1.807, 2.05) is 12.1 Å². The van der Waals surface area contributed by atoms with Crippen LogP contribution in [0.15, 0.2) is 24.3 Å². The standard InChI is InChI=1S/C13H18ClN/c1-10(2)15-9-13(7-8-13)11-3-5-12(14)6-4-11/h3-6,10,15H,7-9H2,1-2H3. The van der Waals surface area contributed by atoms with Crippen molar-refractivity contribution in [2.75, 3.05) is 6.54 Å². The second-order valence-corrected chi connectivity index (χ2v) is 5.26. The number of nitrogens with one attached hydrogen (secondary N) is 1. The fourth-order valence-corrected chi connectivity index (χ4v) is 2.05. The van der Waals surface area contributed by atoms with E-state index < -0.39 is 0 Å². The summed E-state index contributed by atoms with van der Waals surface area (Å²) in [6.45, 7) is 5.47. The fraction of sp³-hybridized carbons (Fsp3) is 0.538. The van der Waals surface area contributed by atoms with Gasteiger partial charge in [-0.1, -0.05) is 37.6 Å². The Labute approximate surface area is 96.8 Å². The summed E-state index contributed by atoms with van der Waals surface area (Å²) >= 11 is 5.89. The van der Waals surface area contributed by atoms with E-state index >= 15 is 0 Å². The normalized spacial score (nSPS) is 18.1. The van der Waals surface area contributed by atoms with Crippen molar-refractivity contribution >= 4 is 11.6 Å². The third-order valence-electron chi connectivity index (χ3n) is 3.16. The second kappa shape index (κ2) is 4.15. The van der Waals surface area contributed by atoms with Crippen molar-refractivity contribution in [1.82, 2.24) is 5.32 Å². The summed E-state index contributed by atoms with van der Waals surface area (Å²) in [5, 5.41) is 4.35. The molecule has 1 saturated carbocycles. The van der Waals surface area contributed by atoms with Crippen LogP contribution in [-0.2, 0) is 5.41 Å². The summed E-state index contributed by atoms with van der Waals surface area (Å²) in [6.07, 6.45) is 2.60. The molecule has 0 amide bonds. The highest BCUT2D eigenvalue weighted by atomic mass is 35.5. The lowest BCUT2D eigenvalue weighted by atomic mass is 9.96. The van der Waals surface area contributed by atoms with E-state index in [9.17, 15) is 0 Å². The molecule has 0 radical (unpaired) electrons. The summed E-state index contributed by atoms with van der Waals surface area (Å²) in [4.78, 5) is 0. The average molecular weight is 224 g/mol. The first kappa shape index (κ1) is 11.0. The highest BCUT2D eigenvalue weighted by Crippen LogP contribution is 2.47. The van der Waals surface area contributed by atoms with E-state index in [2.05, 4.69) is 31.3 Å². The molecule has 1 aliphatic carbocycles. The molecule has 1 aliphatic rings. The molecule has 0 spiro atoms. The largest absolute Gasteiger partial charge is 0.314 e. The summed E-state index contributed by atoms with van der Waals surface area (Å²) in [5.74, 6) is 0. The van der Waals surface area contributed by atoms with Crippen molar-refractivity contribution in [2.45, 2.75) is 38.1 Å². The molecular formula is C13H18ClN. The van der Waals surface area contributed by atoms with E-state index in [1.165, 1.54) is 18.4 Å². The van der Waals surface area contributed by atoms with Crippen molar-refractivity contribution in [3.8, 4) is 0 Å². The maximum Gasteiger partial charge on any atom is 0.0406 e. The molecule has 1 aromatic rings. The quantitative estimate of drug-likeness (QED) is 0.826. The van der Waals surface area contributed by atoms with E-state index in [0.717, 1.165) is 11.6 Å². The summed E-state index contributed by atoms with van der Waals surface area (Å²) in [5.41, 5.74) is 1.83. The zero-order valence-electron chi connectivity index (χ0n) is 9.39. The van der Waals surface area contributed by atoms with Crippen LogP contribution in [0.2, 0.25) is 5.02 Å². The maximum atomic E-state index is 5.89. The van der Waals surface area contributed by atoms with Crippen LogP contribution in [0.4, 0.5) is 0 Å². The molecule has 1 aromatic carbocycles. The minimum Gasteiger partial charge on any atom is -0.314 e. The third kappa shape index (κ3) is 2.53. The second-order valence-electron chi connectivity index (χ2n) is 4.82. The Balaban J connectivity index is 2.06. The van der Waals surface area contributed by atoms with E-state index in [4.69, 9.17) is 11.6 Å². The van der Waals surface area contributed by atoms with Crippen molar-refractivity contribution in [2.24, 2.45) is 0 Å². The zero-order valence-corrected chi connectivity index (χ0v) is 10.1. The summed E-state index contributed by atoms with van der Waals surface area (Å²) < 4.78 is 0. The van der Waals surface area contributed by atoms with E-state index in [-0.39, 0.29) is 0 Å². The van der Waals surface area contributed by atoms with Crippen LogP contribution in [-0.4, -0.2) is 12.6 Å². The fourth-order valence-electron chi connectivity index (χ4n) is 1.92. The molecule has 1 nitrogen and oxygen atoms in total. The molecule has 0 saturated heterocycles. The topological polar surface area (TPSA) is 12.0 Å². The summed E-state index contributed by atoms with van der Waals surface area (Å²) in [6, 6.07) is 8.88. The monoisotopic (exact) mass is 223 g/mol. The van der Waals surface area contributed by atoms with Gasteiger partial charge in [0.25, 0.3) is 0 Å². The maximum absolute atomic E-state index is 5.89. The van der Waals surface area contributed by atoms with Crippen LogP contribution in [0.5, 0.6) is 0 Å². The van der Waals surface area contributed by atoms with Gasteiger partial charge in [0.1, 0.15) is 0 Å². The molecule has 15 heavy (non-hydrogen) atoms. The number of rotatable bonds is 4. The van der Waals surface area contributed by atoms with Gasteiger partial charge in [-0.25, -0.2) is 0 Å². The molecule has 0 aliphatic heterocycles. The molecule has 82 valence electrons. The third-order valence-corrected chi connectivity index (χ3v) is 3.41. The first-order chi connectivity index (χ1) is 7.12. The van der Waals surface area contributed by atoms with Crippen LogP contribution in [0, 0.1) is 0 Å². The lowest BCUT2D eigenvalue weighted by Gasteiger charge is -2.18. The smallest absolute Gasteiger partial charge is 0.0406 e. The molecule has 2 rings (SSSR count). The Morgan fingerprint density at radius 1 is 1.27 bits per heavy atom. The number of halogens is 1. The first-order valence-electron chi connectivity index (χ1n) is 5.62. The van der Waals surface area contributed by atoms with Crippen LogP contribution < -0.4 is 5.32 Å². The Hall–Kier alpha value is -0.530. The lowest BCUT2D eigenvalue weighted by Crippen LogP contribution is -2.31. The van der Waals surface area contributed by atoms with Crippen molar-refractivity contribution in [3.05, 3.63) is 34.9 Å². The van der Waals surface area contributed by atoms with Gasteiger partial charge in [0.2, 0.25) is 0 Å². The number of hydrogen-bond donors (Lipinski definition) is 1. The van der Waals surface area contributed by atoms with Gasteiger partial charge in [-0.2, -0.15) is 0 Å². The van der Waals surface area contributed by atoms with Gasteiger partial charge in [-0.05, 0) is 30.5 Å². The minimum atomic E-state index is 0.398. The molecular weight excluding hydrogens is 206 g/mol. The Bertz CT molecular complexity index is 325. The molecule has 1 N–H and O–H groups in total. The van der Waals surface area contributed by atoms with Crippen molar-refractivity contribution in [1.29, 1.82) is 0 Å². The van der Waals surface area contributed by atoms with Gasteiger partial charge < -0.3 is 5.32 Å². The van der Waals surface area contributed by atoms with Crippen LogP contribution in [0.25, 0.3) is 0 Å². The van der Waals surface area contributed by atoms with E-state index in [1.54, 1.807) is 0 Å². The minimum absolute atomic E-state index is 0.398. The first-order valence-corrected chi connectivity index (χ1v) is 6.00. The van der Waals surface area contributed by atoms with E-state index in [0.29, 0.717) is 11.5 Å². The van der Waals surface area contributed by atoms with Crippen LogP contribution >= 0.6 is 11.6 Å². The van der Waals surface area contributed by atoms with Gasteiger partial charge in [-0.3, -0.25) is 0 Å². The van der Waals surface area contributed by atoms with Crippen LogP contribution in [0.3, 0.4) is 0 Å². The lowest BCUT2D eigenvalue weighted by molar-refractivity contribution is 0.520. The van der Waals surface area contributed by atoms with Crippen LogP contribution in [0.1, 0.15) is 32.3 Å². The molecule has 0 aromatic heterocycles. The Kier molecular flexibility index (Phi) is 3.03. The predicted molar refractivity (Wildman–Crippen MR) is 65.5 cm³/mol. The molecule has 0 bridgehead atoms. The van der Waals surface area contributed by atoms with Crippen molar-refractivity contribution < 1.29 is 0 Å². The molecule has 0 unspecified atom stereocenters.